The molecule has 12 heavy (non-hydrogen) atoms. The van der Waals surface area contributed by atoms with Crippen molar-refractivity contribution < 1.29 is 9.90 Å². The maximum absolute atomic E-state index is 11.3. The van der Waals surface area contributed by atoms with Gasteiger partial charge in [0.05, 0.1) is 0 Å². The first kappa shape index (κ1) is 9.68. The van der Waals surface area contributed by atoms with Crippen LogP contribution in [0.15, 0.2) is 0 Å². The molecule has 0 aromatic heterocycles. The Morgan fingerprint density at radius 3 is 2.58 bits per heavy atom. The van der Waals surface area contributed by atoms with Gasteiger partial charge in [0, 0.05) is 18.9 Å². The van der Waals surface area contributed by atoms with Crippen LogP contribution in [0.25, 0.3) is 0 Å². The normalized spacial score (nSPS) is 21.2. The van der Waals surface area contributed by atoms with Crippen molar-refractivity contribution in [1.29, 1.82) is 0 Å². The van der Waals surface area contributed by atoms with Gasteiger partial charge in [0.15, 0.2) is 0 Å². The molecule has 0 amide bonds. The molecule has 0 atom stereocenters. The zero-order valence-electron chi connectivity index (χ0n) is 7.62. The molecule has 1 aliphatic heterocycles. The number of hydrogen-bond acceptors (Lipinski definition) is 3. The molecule has 0 aromatic rings. The molecule has 0 aliphatic carbocycles. The van der Waals surface area contributed by atoms with E-state index in [0.29, 0.717) is 6.42 Å². The lowest BCUT2D eigenvalue weighted by Gasteiger charge is -2.27. The number of aliphatic hydroxyl groups excluding tert-OH is 1. The minimum Gasteiger partial charge on any atom is -0.396 e. The summed E-state index contributed by atoms with van der Waals surface area (Å²) in [6, 6.07) is 0. The van der Waals surface area contributed by atoms with Gasteiger partial charge in [-0.25, -0.2) is 0 Å². The molecule has 1 fully saturated rings. The summed E-state index contributed by atoms with van der Waals surface area (Å²) < 4.78 is 0. The Morgan fingerprint density at radius 1 is 1.50 bits per heavy atom. The molecule has 1 saturated heterocycles. The Morgan fingerprint density at radius 2 is 2.08 bits per heavy atom. The quantitative estimate of drug-likeness (QED) is 0.663. The largest absolute Gasteiger partial charge is 0.396 e. The highest BCUT2D eigenvalue weighted by molar-refractivity contribution is 5.81. The third-order valence-electron chi connectivity index (χ3n) is 2.53. The number of Topliss-reactive ketones (excluding diaryl/α,β-unsaturated/α-hetero) is 1. The zero-order valence-corrected chi connectivity index (χ0v) is 7.62. The van der Waals surface area contributed by atoms with Gasteiger partial charge < -0.3 is 10.0 Å². The first-order valence-corrected chi connectivity index (χ1v) is 4.56. The summed E-state index contributed by atoms with van der Waals surface area (Å²) in [7, 11) is 2.08. The van der Waals surface area contributed by atoms with Gasteiger partial charge in [0.2, 0.25) is 0 Å². The molecule has 1 rings (SSSR count). The molecule has 3 heteroatoms. The lowest BCUT2D eigenvalue weighted by Crippen LogP contribution is -2.33. The fraction of sp³-hybridized carbons (Fsp3) is 0.889. The average molecular weight is 171 g/mol. The van der Waals surface area contributed by atoms with Crippen LogP contribution in [0.1, 0.15) is 19.3 Å². The Kier molecular flexibility index (Phi) is 3.69. The van der Waals surface area contributed by atoms with E-state index in [4.69, 9.17) is 5.11 Å². The van der Waals surface area contributed by atoms with Crippen molar-refractivity contribution >= 4 is 5.78 Å². The Balaban J connectivity index is 2.29. The van der Waals surface area contributed by atoms with Crippen LogP contribution in [0.5, 0.6) is 0 Å². The number of carbonyl (C=O) groups excluding carboxylic acids is 1. The second kappa shape index (κ2) is 4.58. The number of carbonyl (C=O) groups is 1. The number of ketones is 1. The molecule has 1 N–H and O–H groups in total. The van der Waals surface area contributed by atoms with E-state index in [9.17, 15) is 4.79 Å². The van der Waals surface area contributed by atoms with Crippen LogP contribution in [0.3, 0.4) is 0 Å². The number of piperidine rings is 1. The Hall–Kier alpha value is -0.410. The van der Waals surface area contributed by atoms with Crippen LogP contribution < -0.4 is 0 Å². The molecule has 1 aliphatic rings. The van der Waals surface area contributed by atoms with Crippen LogP contribution in [0.4, 0.5) is 0 Å². The van der Waals surface area contributed by atoms with E-state index >= 15 is 0 Å². The van der Waals surface area contributed by atoms with E-state index in [0.717, 1.165) is 25.9 Å². The second-order valence-electron chi connectivity index (χ2n) is 3.52. The van der Waals surface area contributed by atoms with E-state index in [1.165, 1.54) is 0 Å². The van der Waals surface area contributed by atoms with Gasteiger partial charge in [-0.05, 0) is 33.0 Å². The molecule has 3 nitrogen and oxygen atoms in total. The Bertz CT molecular complexity index is 151. The highest BCUT2D eigenvalue weighted by Gasteiger charge is 2.22. The van der Waals surface area contributed by atoms with Gasteiger partial charge in [0.25, 0.3) is 0 Å². The molecule has 1 heterocycles. The van der Waals surface area contributed by atoms with Gasteiger partial charge >= 0.3 is 0 Å². The molecule has 70 valence electrons. The zero-order chi connectivity index (χ0) is 8.97. The van der Waals surface area contributed by atoms with Crippen LogP contribution in [0, 0.1) is 5.92 Å². The predicted octanol–water partition coefficient (Wildman–Crippen LogP) is 0.280. The van der Waals surface area contributed by atoms with Crippen molar-refractivity contribution in [3.63, 3.8) is 0 Å². The molecule has 0 bridgehead atoms. The van der Waals surface area contributed by atoms with Crippen LogP contribution in [-0.2, 0) is 4.79 Å². The number of hydrogen-bond donors (Lipinski definition) is 1. The monoisotopic (exact) mass is 171 g/mol. The number of likely N-dealkylation sites (tertiary alicyclic amines) is 1. The SMILES string of the molecule is CN1CCC(C(=O)CCO)CC1. The summed E-state index contributed by atoms with van der Waals surface area (Å²) in [5.41, 5.74) is 0. The van der Waals surface area contributed by atoms with Crippen molar-refractivity contribution in [3.05, 3.63) is 0 Å². The third kappa shape index (κ3) is 2.57. The van der Waals surface area contributed by atoms with E-state index in [1.807, 2.05) is 0 Å². The summed E-state index contributed by atoms with van der Waals surface area (Å²) in [4.78, 5) is 13.6. The summed E-state index contributed by atoms with van der Waals surface area (Å²) >= 11 is 0. The molecule has 0 radical (unpaired) electrons. The molecule has 0 unspecified atom stereocenters. The highest BCUT2D eigenvalue weighted by atomic mass is 16.3. The van der Waals surface area contributed by atoms with E-state index in [-0.39, 0.29) is 18.3 Å². The Labute approximate surface area is 73.4 Å². The molecular formula is C9H17NO2. The van der Waals surface area contributed by atoms with Crippen molar-refractivity contribution in [2.24, 2.45) is 5.92 Å². The van der Waals surface area contributed by atoms with E-state index in [2.05, 4.69) is 11.9 Å². The van der Waals surface area contributed by atoms with Crippen LogP contribution in [0.2, 0.25) is 0 Å². The van der Waals surface area contributed by atoms with Crippen molar-refractivity contribution in [2.75, 3.05) is 26.7 Å². The average Bonchev–Trinajstić information content (AvgIpc) is 2.06. The fourth-order valence-electron chi connectivity index (χ4n) is 1.64. The van der Waals surface area contributed by atoms with Gasteiger partial charge in [-0.1, -0.05) is 0 Å². The molecule has 0 spiro atoms. The smallest absolute Gasteiger partial charge is 0.138 e. The minimum absolute atomic E-state index is 0.00513. The standard InChI is InChI=1S/C9H17NO2/c1-10-5-2-8(3-6-10)9(12)4-7-11/h8,11H,2-7H2,1H3. The number of rotatable bonds is 3. The second-order valence-corrected chi connectivity index (χ2v) is 3.52. The summed E-state index contributed by atoms with van der Waals surface area (Å²) in [6.07, 6.45) is 2.28. The van der Waals surface area contributed by atoms with E-state index < -0.39 is 0 Å². The van der Waals surface area contributed by atoms with Gasteiger partial charge in [-0.15, -0.1) is 0 Å². The maximum atomic E-state index is 11.3. The van der Waals surface area contributed by atoms with Gasteiger partial charge in [-0.2, -0.15) is 0 Å². The van der Waals surface area contributed by atoms with Crippen molar-refractivity contribution in [2.45, 2.75) is 19.3 Å². The van der Waals surface area contributed by atoms with Crippen LogP contribution in [-0.4, -0.2) is 42.5 Å². The van der Waals surface area contributed by atoms with Crippen molar-refractivity contribution in [1.82, 2.24) is 4.90 Å². The topological polar surface area (TPSA) is 40.5 Å². The lowest BCUT2D eigenvalue weighted by atomic mass is 9.91. The van der Waals surface area contributed by atoms with Crippen molar-refractivity contribution in [3.8, 4) is 0 Å². The molecule has 0 saturated carbocycles. The minimum atomic E-state index is 0.00513. The van der Waals surface area contributed by atoms with Gasteiger partial charge in [-0.3, -0.25) is 4.79 Å². The predicted molar refractivity (Wildman–Crippen MR) is 46.9 cm³/mol. The first-order chi connectivity index (χ1) is 5.74. The first-order valence-electron chi connectivity index (χ1n) is 4.56. The number of nitrogens with zero attached hydrogens (tertiary/aromatic N) is 1. The lowest BCUT2D eigenvalue weighted by molar-refractivity contribution is -0.124. The van der Waals surface area contributed by atoms with Gasteiger partial charge in [0.1, 0.15) is 5.78 Å². The fourth-order valence-corrected chi connectivity index (χ4v) is 1.64. The molecular weight excluding hydrogens is 154 g/mol. The van der Waals surface area contributed by atoms with E-state index in [1.54, 1.807) is 0 Å². The number of aliphatic hydroxyl groups is 1. The highest BCUT2D eigenvalue weighted by Crippen LogP contribution is 2.17. The summed E-state index contributed by atoms with van der Waals surface area (Å²) in [6.45, 7) is 2.04. The van der Waals surface area contributed by atoms with Crippen LogP contribution >= 0.6 is 0 Å². The summed E-state index contributed by atoms with van der Waals surface area (Å²) in [5, 5.41) is 8.59. The molecule has 0 aromatic carbocycles. The maximum Gasteiger partial charge on any atom is 0.138 e. The third-order valence-corrected chi connectivity index (χ3v) is 2.53. The summed E-state index contributed by atoms with van der Waals surface area (Å²) in [5.74, 6) is 0.457.